The molecule has 160 valence electrons. The molecule has 1 N–H and O–H groups in total. The van der Waals surface area contributed by atoms with Crippen LogP contribution in [0.2, 0.25) is 0 Å². The lowest BCUT2D eigenvalue weighted by Crippen LogP contribution is -2.31. The molecule has 0 aliphatic carbocycles. The second kappa shape index (κ2) is 8.72. The zero-order chi connectivity index (χ0) is 22.1. The Morgan fingerprint density at radius 2 is 1.87 bits per heavy atom. The van der Waals surface area contributed by atoms with Crippen molar-refractivity contribution in [1.29, 1.82) is 0 Å². The van der Waals surface area contributed by atoms with Gasteiger partial charge in [0.2, 0.25) is 12.7 Å². The van der Waals surface area contributed by atoms with Crippen LogP contribution in [0, 0.1) is 20.8 Å². The van der Waals surface area contributed by atoms with E-state index in [1.54, 1.807) is 6.08 Å². The molecular weight excluding hydrogens is 432 g/mol. The van der Waals surface area contributed by atoms with Crippen LogP contribution in [0.1, 0.15) is 28.7 Å². The third kappa shape index (κ3) is 4.60. The molecule has 0 unspecified atom stereocenters. The van der Waals surface area contributed by atoms with Gasteiger partial charge in [-0.1, -0.05) is 47.7 Å². The molecule has 8 heteroatoms. The van der Waals surface area contributed by atoms with Crippen molar-refractivity contribution >= 4 is 51.9 Å². The summed E-state index contributed by atoms with van der Waals surface area (Å²) in [5, 5.41) is 2.97. The van der Waals surface area contributed by atoms with Gasteiger partial charge in [-0.25, -0.2) is 0 Å². The van der Waals surface area contributed by atoms with Crippen molar-refractivity contribution in [2.24, 2.45) is 0 Å². The lowest BCUT2D eigenvalue weighted by molar-refractivity contribution is -0.122. The van der Waals surface area contributed by atoms with E-state index in [0.29, 0.717) is 20.7 Å². The molecule has 2 amide bonds. The van der Waals surface area contributed by atoms with Crippen LogP contribution in [0.5, 0.6) is 11.5 Å². The van der Waals surface area contributed by atoms with Crippen LogP contribution in [0.3, 0.4) is 0 Å². The molecule has 2 heterocycles. The molecule has 0 spiro atoms. The summed E-state index contributed by atoms with van der Waals surface area (Å²) in [5.74, 6) is 1.00. The Labute approximate surface area is 190 Å². The maximum absolute atomic E-state index is 12.8. The first-order valence-electron chi connectivity index (χ1n) is 9.84. The van der Waals surface area contributed by atoms with E-state index >= 15 is 0 Å². The average molecular weight is 455 g/mol. The van der Waals surface area contributed by atoms with Crippen molar-refractivity contribution in [3.63, 3.8) is 0 Å². The van der Waals surface area contributed by atoms with Gasteiger partial charge in [0, 0.05) is 18.7 Å². The first-order chi connectivity index (χ1) is 14.8. The van der Waals surface area contributed by atoms with Gasteiger partial charge in [-0.05, 0) is 55.7 Å². The summed E-state index contributed by atoms with van der Waals surface area (Å²) in [5.41, 5.74) is 4.84. The average Bonchev–Trinajstić information content (AvgIpc) is 3.27. The summed E-state index contributed by atoms with van der Waals surface area (Å²) in [6, 6.07) is 9.57. The number of rotatable bonds is 5. The molecular formula is C23H22N2O4S2. The first-order valence-corrected chi connectivity index (χ1v) is 11.1. The van der Waals surface area contributed by atoms with Crippen LogP contribution in [-0.2, 0) is 9.59 Å². The van der Waals surface area contributed by atoms with Crippen molar-refractivity contribution in [3.8, 4) is 11.5 Å². The zero-order valence-electron chi connectivity index (χ0n) is 17.5. The van der Waals surface area contributed by atoms with Gasteiger partial charge in [0.25, 0.3) is 5.91 Å². The largest absolute Gasteiger partial charge is 0.454 e. The molecule has 6 nitrogen and oxygen atoms in total. The molecule has 2 aromatic rings. The lowest BCUT2D eigenvalue weighted by Gasteiger charge is -2.16. The number of aryl methyl sites for hydroxylation is 3. The van der Waals surface area contributed by atoms with E-state index in [0.717, 1.165) is 27.9 Å². The Morgan fingerprint density at radius 1 is 1.16 bits per heavy atom. The fourth-order valence-electron chi connectivity index (χ4n) is 3.64. The predicted molar refractivity (Wildman–Crippen MR) is 126 cm³/mol. The molecule has 0 saturated carbocycles. The van der Waals surface area contributed by atoms with Gasteiger partial charge in [-0.2, -0.15) is 0 Å². The normalized spacial score (nSPS) is 16.4. The number of nitrogens with zero attached hydrogens (tertiary/aromatic N) is 1. The van der Waals surface area contributed by atoms with E-state index < -0.39 is 0 Å². The maximum atomic E-state index is 12.8. The summed E-state index contributed by atoms with van der Waals surface area (Å²) < 4.78 is 11.2. The fraction of sp³-hybridized carbons (Fsp3) is 0.261. The highest BCUT2D eigenvalue weighted by atomic mass is 32.2. The molecule has 0 bridgehead atoms. The summed E-state index contributed by atoms with van der Waals surface area (Å²) in [6.45, 7) is 6.40. The van der Waals surface area contributed by atoms with Crippen LogP contribution in [0.15, 0.2) is 35.2 Å². The minimum Gasteiger partial charge on any atom is -0.454 e. The maximum Gasteiger partial charge on any atom is 0.266 e. The molecule has 0 radical (unpaired) electrons. The van der Waals surface area contributed by atoms with Crippen molar-refractivity contribution < 1.29 is 19.1 Å². The molecule has 1 fully saturated rings. The van der Waals surface area contributed by atoms with Crippen LogP contribution >= 0.6 is 24.0 Å². The topological polar surface area (TPSA) is 67.9 Å². The van der Waals surface area contributed by atoms with E-state index in [9.17, 15) is 9.59 Å². The zero-order valence-corrected chi connectivity index (χ0v) is 19.1. The number of ether oxygens (including phenoxy) is 2. The minimum absolute atomic E-state index is 0.149. The Bertz CT molecular complexity index is 1100. The second-order valence-corrected chi connectivity index (χ2v) is 9.19. The van der Waals surface area contributed by atoms with E-state index in [1.807, 2.05) is 51.1 Å². The van der Waals surface area contributed by atoms with E-state index in [1.165, 1.54) is 16.7 Å². The van der Waals surface area contributed by atoms with Gasteiger partial charge in [0.1, 0.15) is 4.32 Å². The van der Waals surface area contributed by atoms with Crippen LogP contribution in [-0.4, -0.2) is 34.4 Å². The van der Waals surface area contributed by atoms with Crippen molar-refractivity contribution in [3.05, 3.63) is 57.5 Å². The highest BCUT2D eigenvalue weighted by Crippen LogP contribution is 2.36. The third-order valence-electron chi connectivity index (χ3n) is 5.07. The Kier molecular flexibility index (Phi) is 6.02. The molecule has 0 atom stereocenters. The monoisotopic (exact) mass is 454 g/mol. The molecule has 0 aromatic heterocycles. The number of thiocarbonyl (C=S) groups is 1. The smallest absolute Gasteiger partial charge is 0.266 e. The van der Waals surface area contributed by atoms with Gasteiger partial charge < -0.3 is 14.8 Å². The standard InChI is InChI=1S/C23H22N2O4S2/c1-13-8-14(2)21(15(3)9-13)24-20(26)6-7-25-22(27)19(31-23(25)30)11-16-4-5-17-18(10-16)29-12-28-17/h4-5,8-11H,6-7,12H2,1-3H3,(H,24,26)/b19-11-. The third-order valence-corrected chi connectivity index (χ3v) is 6.45. The molecule has 2 aliphatic heterocycles. The van der Waals surface area contributed by atoms with Gasteiger partial charge in [0.15, 0.2) is 11.5 Å². The van der Waals surface area contributed by atoms with Gasteiger partial charge in [-0.3, -0.25) is 14.5 Å². The molecule has 1 saturated heterocycles. The number of carbonyl (C=O) groups is 2. The summed E-state index contributed by atoms with van der Waals surface area (Å²) in [7, 11) is 0. The van der Waals surface area contributed by atoms with E-state index in [2.05, 4.69) is 5.32 Å². The van der Waals surface area contributed by atoms with Crippen molar-refractivity contribution in [2.75, 3.05) is 18.7 Å². The Hall–Kier alpha value is -2.84. The van der Waals surface area contributed by atoms with Crippen molar-refractivity contribution in [1.82, 2.24) is 4.90 Å². The van der Waals surface area contributed by atoms with Crippen molar-refractivity contribution in [2.45, 2.75) is 27.2 Å². The number of carbonyl (C=O) groups excluding carboxylic acids is 2. The summed E-state index contributed by atoms with van der Waals surface area (Å²) in [4.78, 5) is 27.3. The number of fused-ring (bicyclic) bond motifs is 1. The van der Waals surface area contributed by atoms with Gasteiger partial charge in [-0.15, -0.1) is 0 Å². The second-order valence-electron chi connectivity index (χ2n) is 7.52. The van der Waals surface area contributed by atoms with Crippen LogP contribution < -0.4 is 14.8 Å². The number of hydrogen-bond donors (Lipinski definition) is 1. The van der Waals surface area contributed by atoms with Gasteiger partial charge in [0.05, 0.1) is 4.91 Å². The first kappa shape index (κ1) is 21.4. The SMILES string of the molecule is Cc1cc(C)c(NC(=O)CCN2C(=O)/C(=C/c3ccc4c(c3)OCO4)SC2=S)c(C)c1. The van der Waals surface area contributed by atoms with E-state index in [-0.39, 0.29) is 31.6 Å². The molecule has 4 rings (SSSR count). The summed E-state index contributed by atoms with van der Waals surface area (Å²) >= 11 is 6.62. The highest BCUT2D eigenvalue weighted by Gasteiger charge is 2.32. The number of benzene rings is 2. The quantitative estimate of drug-likeness (QED) is 0.527. The highest BCUT2D eigenvalue weighted by molar-refractivity contribution is 8.26. The molecule has 31 heavy (non-hydrogen) atoms. The Morgan fingerprint density at radius 3 is 2.61 bits per heavy atom. The van der Waals surface area contributed by atoms with E-state index in [4.69, 9.17) is 21.7 Å². The van der Waals surface area contributed by atoms with Gasteiger partial charge >= 0.3 is 0 Å². The predicted octanol–water partition coefficient (Wildman–Crippen LogP) is 4.57. The fourth-order valence-corrected chi connectivity index (χ4v) is 4.95. The van der Waals surface area contributed by atoms with Crippen LogP contribution in [0.4, 0.5) is 5.69 Å². The molecule has 2 aliphatic rings. The Balaban J connectivity index is 1.40. The number of anilines is 1. The van der Waals surface area contributed by atoms with Crippen LogP contribution in [0.25, 0.3) is 6.08 Å². The number of nitrogens with one attached hydrogen (secondary N) is 1. The number of amides is 2. The lowest BCUT2D eigenvalue weighted by atomic mass is 10.1. The summed E-state index contributed by atoms with van der Waals surface area (Å²) in [6.07, 6.45) is 1.94. The minimum atomic E-state index is -0.192. The molecule has 2 aromatic carbocycles. The number of thioether (sulfide) groups is 1. The number of hydrogen-bond acceptors (Lipinski definition) is 6.